The lowest BCUT2D eigenvalue weighted by Gasteiger charge is -2.21. The number of aromatic hydroxyl groups is 1. The summed E-state index contributed by atoms with van der Waals surface area (Å²) in [6, 6.07) is 7.88. The van der Waals surface area contributed by atoms with Gasteiger partial charge >= 0.3 is 0 Å². The molecule has 1 heterocycles. The average molecular weight is 318 g/mol. The van der Waals surface area contributed by atoms with Crippen molar-refractivity contribution in [2.75, 3.05) is 13.1 Å². The van der Waals surface area contributed by atoms with Gasteiger partial charge in [-0.15, -0.1) is 0 Å². The van der Waals surface area contributed by atoms with Crippen LogP contribution in [-0.4, -0.2) is 27.7 Å². The van der Waals surface area contributed by atoms with Crippen molar-refractivity contribution in [3.8, 4) is 5.75 Å². The SMILES string of the molecule is CCN(CC)Cc1cc(=O)c(O)cn1CCc1ccc(F)cc1. The lowest BCUT2D eigenvalue weighted by molar-refractivity contribution is 0.285. The Labute approximate surface area is 135 Å². The van der Waals surface area contributed by atoms with E-state index in [1.807, 2.05) is 4.57 Å². The second kappa shape index (κ2) is 7.92. The molecule has 0 spiro atoms. The highest BCUT2D eigenvalue weighted by molar-refractivity contribution is 5.21. The van der Waals surface area contributed by atoms with Crippen molar-refractivity contribution in [2.24, 2.45) is 0 Å². The van der Waals surface area contributed by atoms with E-state index in [-0.39, 0.29) is 17.0 Å². The van der Waals surface area contributed by atoms with Crippen LogP contribution in [0.25, 0.3) is 0 Å². The summed E-state index contributed by atoms with van der Waals surface area (Å²) in [6.07, 6.45) is 2.19. The normalized spacial score (nSPS) is 11.1. The Morgan fingerprint density at radius 3 is 2.43 bits per heavy atom. The molecule has 0 bridgehead atoms. The number of hydrogen-bond acceptors (Lipinski definition) is 3. The molecule has 4 nitrogen and oxygen atoms in total. The van der Waals surface area contributed by atoms with Crippen LogP contribution in [0.5, 0.6) is 5.75 Å². The molecule has 23 heavy (non-hydrogen) atoms. The van der Waals surface area contributed by atoms with Crippen LogP contribution in [0, 0.1) is 5.82 Å². The number of nitrogens with zero attached hydrogens (tertiary/aromatic N) is 2. The molecule has 0 radical (unpaired) electrons. The lowest BCUT2D eigenvalue weighted by Crippen LogP contribution is -2.26. The fourth-order valence-electron chi connectivity index (χ4n) is 2.52. The summed E-state index contributed by atoms with van der Waals surface area (Å²) >= 11 is 0. The number of halogens is 1. The molecule has 0 unspecified atom stereocenters. The molecule has 0 fully saturated rings. The van der Waals surface area contributed by atoms with Crippen molar-refractivity contribution < 1.29 is 9.50 Å². The molecule has 2 aromatic rings. The van der Waals surface area contributed by atoms with Crippen molar-refractivity contribution >= 4 is 0 Å². The predicted octanol–water partition coefficient (Wildman–Crippen LogP) is 2.78. The maximum absolute atomic E-state index is 13.0. The second-order valence-corrected chi connectivity index (χ2v) is 5.55. The zero-order valence-corrected chi connectivity index (χ0v) is 13.6. The zero-order valence-electron chi connectivity index (χ0n) is 13.6. The number of aromatic nitrogens is 1. The Bertz CT molecular complexity index is 691. The van der Waals surface area contributed by atoms with E-state index < -0.39 is 0 Å². The maximum Gasteiger partial charge on any atom is 0.223 e. The van der Waals surface area contributed by atoms with E-state index in [0.717, 1.165) is 24.3 Å². The van der Waals surface area contributed by atoms with E-state index in [2.05, 4.69) is 18.7 Å². The summed E-state index contributed by atoms with van der Waals surface area (Å²) in [4.78, 5) is 13.9. The monoisotopic (exact) mass is 318 g/mol. The molecule has 0 aliphatic heterocycles. The van der Waals surface area contributed by atoms with E-state index in [1.54, 1.807) is 12.1 Å². The Morgan fingerprint density at radius 2 is 1.83 bits per heavy atom. The highest BCUT2D eigenvalue weighted by Crippen LogP contribution is 2.11. The largest absolute Gasteiger partial charge is 0.503 e. The van der Waals surface area contributed by atoms with Crippen LogP contribution in [0.3, 0.4) is 0 Å². The minimum absolute atomic E-state index is 0.243. The van der Waals surface area contributed by atoms with Gasteiger partial charge in [0.1, 0.15) is 5.82 Å². The molecule has 0 atom stereocenters. The smallest absolute Gasteiger partial charge is 0.223 e. The van der Waals surface area contributed by atoms with E-state index >= 15 is 0 Å². The van der Waals surface area contributed by atoms with Crippen LogP contribution in [-0.2, 0) is 19.5 Å². The second-order valence-electron chi connectivity index (χ2n) is 5.55. The van der Waals surface area contributed by atoms with Crippen LogP contribution >= 0.6 is 0 Å². The molecule has 0 saturated heterocycles. The highest BCUT2D eigenvalue weighted by atomic mass is 19.1. The first kappa shape index (κ1) is 17.2. The first-order valence-electron chi connectivity index (χ1n) is 7.92. The van der Waals surface area contributed by atoms with Crippen molar-refractivity contribution in [3.63, 3.8) is 0 Å². The summed E-state index contributed by atoms with van der Waals surface area (Å²) in [6.45, 7) is 7.21. The molecule has 0 saturated carbocycles. The van der Waals surface area contributed by atoms with Gasteiger partial charge in [-0.25, -0.2) is 4.39 Å². The van der Waals surface area contributed by atoms with Crippen molar-refractivity contribution in [1.29, 1.82) is 0 Å². The molecule has 0 aliphatic carbocycles. The number of benzene rings is 1. The Kier molecular flexibility index (Phi) is 5.93. The van der Waals surface area contributed by atoms with Crippen molar-refractivity contribution in [3.05, 3.63) is 63.8 Å². The van der Waals surface area contributed by atoms with Crippen LogP contribution in [0.1, 0.15) is 25.1 Å². The van der Waals surface area contributed by atoms with Crippen LogP contribution in [0.15, 0.2) is 41.3 Å². The average Bonchev–Trinajstić information content (AvgIpc) is 2.55. The summed E-state index contributed by atoms with van der Waals surface area (Å²) in [7, 11) is 0. The van der Waals surface area contributed by atoms with Gasteiger partial charge in [-0.2, -0.15) is 0 Å². The fourth-order valence-corrected chi connectivity index (χ4v) is 2.52. The minimum Gasteiger partial charge on any atom is -0.503 e. The molecule has 0 amide bonds. The first-order valence-corrected chi connectivity index (χ1v) is 7.92. The molecule has 0 aliphatic rings. The Hall–Kier alpha value is -2.14. The molecular weight excluding hydrogens is 295 g/mol. The quantitative estimate of drug-likeness (QED) is 0.854. The molecule has 1 N–H and O–H groups in total. The van der Waals surface area contributed by atoms with Gasteiger partial charge in [-0.1, -0.05) is 26.0 Å². The zero-order chi connectivity index (χ0) is 16.8. The van der Waals surface area contributed by atoms with E-state index in [9.17, 15) is 14.3 Å². The summed E-state index contributed by atoms with van der Waals surface area (Å²) in [5.41, 5.74) is 1.53. The first-order chi connectivity index (χ1) is 11.0. The van der Waals surface area contributed by atoms with Gasteiger partial charge in [-0.05, 0) is 37.2 Å². The molecule has 1 aromatic heterocycles. The van der Waals surface area contributed by atoms with Gasteiger partial charge in [0.25, 0.3) is 0 Å². The van der Waals surface area contributed by atoms with Crippen LogP contribution in [0.2, 0.25) is 0 Å². The van der Waals surface area contributed by atoms with Crippen molar-refractivity contribution in [2.45, 2.75) is 33.4 Å². The third kappa shape index (κ3) is 4.66. The topological polar surface area (TPSA) is 45.5 Å². The van der Waals surface area contributed by atoms with Crippen LogP contribution in [0.4, 0.5) is 4.39 Å². The highest BCUT2D eigenvalue weighted by Gasteiger charge is 2.09. The van der Waals surface area contributed by atoms with Gasteiger partial charge in [-0.3, -0.25) is 9.69 Å². The summed E-state index contributed by atoms with van der Waals surface area (Å²) in [5, 5.41) is 9.71. The number of hydrogen-bond donors (Lipinski definition) is 1. The van der Waals surface area contributed by atoms with E-state index in [0.29, 0.717) is 19.5 Å². The third-order valence-electron chi connectivity index (χ3n) is 4.03. The maximum atomic E-state index is 13.0. The number of aryl methyl sites for hydroxylation is 2. The van der Waals surface area contributed by atoms with E-state index in [1.165, 1.54) is 24.4 Å². The fraction of sp³-hybridized carbons (Fsp3) is 0.389. The Morgan fingerprint density at radius 1 is 1.17 bits per heavy atom. The predicted molar refractivity (Wildman–Crippen MR) is 89.1 cm³/mol. The summed E-state index contributed by atoms with van der Waals surface area (Å²) in [5.74, 6) is -0.496. The van der Waals surface area contributed by atoms with Crippen LogP contribution < -0.4 is 5.43 Å². The lowest BCUT2D eigenvalue weighted by atomic mass is 10.1. The van der Waals surface area contributed by atoms with Gasteiger partial charge in [0.15, 0.2) is 5.75 Å². The van der Waals surface area contributed by atoms with E-state index in [4.69, 9.17) is 0 Å². The van der Waals surface area contributed by atoms with Gasteiger partial charge in [0.2, 0.25) is 5.43 Å². The van der Waals surface area contributed by atoms with Gasteiger partial charge in [0, 0.05) is 24.8 Å². The standard InChI is InChI=1S/C18H23FN2O2/c1-3-20(4-2)12-16-11-17(22)18(23)13-21(16)10-9-14-5-7-15(19)8-6-14/h5-8,11,13,23H,3-4,9-10,12H2,1-2H3. The Balaban J connectivity index is 2.20. The molecule has 124 valence electrons. The summed E-state index contributed by atoms with van der Waals surface area (Å²) < 4.78 is 14.9. The van der Waals surface area contributed by atoms with Gasteiger partial charge in [0.05, 0.1) is 6.20 Å². The number of pyridine rings is 1. The molecule has 2 rings (SSSR count). The third-order valence-corrected chi connectivity index (χ3v) is 4.03. The van der Waals surface area contributed by atoms with Gasteiger partial charge < -0.3 is 9.67 Å². The molecule has 1 aromatic carbocycles. The molecular formula is C18H23FN2O2. The minimum atomic E-state index is -0.356. The molecule has 5 heteroatoms. The van der Waals surface area contributed by atoms with Crippen molar-refractivity contribution in [1.82, 2.24) is 9.47 Å². The number of rotatable bonds is 7.